The molecule has 3 aromatic heterocycles. The van der Waals surface area contributed by atoms with E-state index in [2.05, 4.69) is 15.3 Å². The van der Waals surface area contributed by atoms with Crippen molar-refractivity contribution in [2.24, 2.45) is 16.2 Å². The van der Waals surface area contributed by atoms with E-state index in [1.807, 2.05) is 153 Å². The number of aryl methyl sites for hydroxylation is 3. The standard InChI is InChI=1S/3C15H18N2O2.Tb/c3*1-10-12(13(18)15(2,3)4)14(19)17(16-10)11-8-6-5-7-9-11;/h3*5-9,16H,1-4H3;. The molecule has 6 rings (SSSR count). The smallest absolute Gasteiger partial charge is 0.282 e. The summed E-state index contributed by atoms with van der Waals surface area (Å²) in [6, 6.07) is 27.7. The Morgan fingerprint density at radius 3 is 0.759 bits per heavy atom. The zero-order chi connectivity index (χ0) is 42.6. The molecule has 0 spiro atoms. The number of aromatic amines is 3. The Bertz CT molecular complexity index is 2270. The second-order valence-electron chi connectivity index (χ2n) is 17.0. The van der Waals surface area contributed by atoms with Gasteiger partial charge in [0.1, 0.15) is 16.7 Å². The van der Waals surface area contributed by atoms with Crippen molar-refractivity contribution >= 4 is 17.3 Å². The second kappa shape index (κ2) is 18.7. The van der Waals surface area contributed by atoms with Crippen molar-refractivity contribution in [1.29, 1.82) is 0 Å². The first kappa shape index (κ1) is 47.4. The second-order valence-corrected chi connectivity index (χ2v) is 17.0. The molecule has 0 amide bonds. The summed E-state index contributed by atoms with van der Waals surface area (Å²) < 4.78 is 4.23. The quantitative estimate of drug-likeness (QED) is 0.143. The number of rotatable bonds is 6. The Labute approximate surface area is 369 Å². The fourth-order valence-electron chi connectivity index (χ4n) is 5.84. The first-order chi connectivity index (χ1) is 26.5. The molecule has 0 aliphatic carbocycles. The van der Waals surface area contributed by atoms with Crippen LogP contribution < -0.4 is 16.7 Å². The molecular weight excluding hydrogens is 879 g/mol. The molecule has 3 aromatic carbocycles. The van der Waals surface area contributed by atoms with Crippen LogP contribution in [0.2, 0.25) is 0 Å². The first-order valence-electron chi connectivity index (χ1n) is 18.7. The van der Waals surface area contributed by atoms with Gasteiger partial charge in [-0.05, 0) is 57.2 Å². The molecule has 1 radical (unpaired) electrons. The summed E-state index contributed by atoms with van der Waals surface area (Å²) in [7, 11) is 0. The summed E-state index contributed by atoms with van der Waals surface area (Å²) >= 11 is 0. The van der Waals surface area contributed by atoms with Gasteiger partial charge in [-0.1, -0.05) is 117 Å². The third kappa shape index (κ3) is 10.7. The van der Waals surface area contributed by atoms with Crippen molar-refractivity contribution in [1.82, 2.24) is 29.3 Å². The van der Waals surface area contributed by atoms with Gasteiger partial charge < -0.3 is 0 Å². The topological polar surface area (TPSA) is 165 Å². The van der Waals surface area contributed by atoms with E-state index in [0.29, 0.717) is 17.1 Å². The predicted octanol–water partition coefficient (Wildman–Crippen LogP) is 8.11. The molecule has 3 heterocycles. The molecule has 58 heavy (non-hydrogen) atoms. The number of aromatic nitrogens is 6. The van der Waals surface area contributed by atoms with E-state index in [9.17, 15) is 28.8 Å². The van der Waals surface area contributed by atoms with E-state index >= 15 is 0 Å². The molecule has 3 N–H and O–H groups in total. The van der Waals surface area contributed by atoms with Gasteiger partial charge in [0, 0.05) is 71.9 Å². The van der Waals surface area contributed by atoms with Gasteiger partial charge in [0.25, 0.3) is 16.7 Å². The Hall–Kier alpha value is -5.01. The van der Waals surface area contributed by atoms with Crippen LogP contribution >= 0.6 is 0 Å². The molecule has 0 aliphatic rings. The van der Waals surface area contributed by atoms with Crippen molar-refractivity contribution in [2.75, 3.05) is 0 Å². The monoisotopic (exact) mass is 933 g/mol. The first-order valence-corrected chi connectivity index (χ1v) is 18.7. The Morgan fingerprint density at radius 1 is 0.397 bits per heavy atom. The van der Waals surface area contributed by atoms with Crippen LogP contribution in [0, 0.1) is 75.6 Å². The molecule has 0 unspecified atom stereocenters. The summed E-state index contributed by atoms with van der Waals surface area (Å²) in [5, 5.41) is 8.90. The van der Waals surface area contributed by atoms with Crippen molar-refractivity contribution in [3.63, 3.8) is 0 Å². The zero-order valence-corrected chi connectivity index (χ0v) is 37.4. The van der Waals surface area contributed by atoms with E-state index in [1.54, 1.807) is 20.8 Å². The Morgan fingerprint density at radius 2 is 0.586 bits per heavy atom. The number of carbonyl (C=O) groups is 3. The molecule has 0 saturated heterocycles. The zero-order valence-electron chi connectivity index (χ0n) is 35.3. The van der Waals surface area contributed by atoms with Gasteiger partial charge in [-0.25, -0.2) is 14.0 Å². The maximum absolute atomic E-state index is 12.4. The van der Waals surface area contributed by atoms with E-state index in [4.69, 9.17) is 0 Å². The predicted molar refractivity (Wildman–Crippen MR) is 225 cm³/mol. The van der Waals surface area contributed by atoms with Crippen LogP contribution in [0.1, 0.15) is 110 Å². The van der Waals surface area contributed by atoms with Crippen LogP contribution in [0.5, 0.6) is 0 Å². The third-order valence-corrected chi connectivity index (χ3v) is 8.98. The maximum atomic E-state index is 12.4. The molecule has 0 saturated carbocycles. The Kier molecular flexibility index (Phi) is 15.3. The van der Waals surface area contributed by atoms with Gasteiger partial charge >= 0.3 is 0 Å². The number of hydrogen-bond donors (Lipinski definition) is 3. The van der Waals surface area contributed by atoms with Crippen LogP contribution in [0.3, 0.4) is 0 Å². The molecule has 0 bridgehead atoms. The van der Waals surface area contributed by atoms with Crippen molar-refractivity contribution in [3.05, 3.63) is 156 Å². The van der Waals surface area contributed by atoms with E-state index < -0.39 is 16.2 Å². The van der Waals surface area contributed by atoms with Crippen molar-refractivity contribution in [3.8, 4) is 17.1 Å². The minimum absolute atomic E-state index is 0. The van der Waals surface area contributed by atoms with E-state index in [-0.39, 0.29) is 89.3 Å². The average Bonchev–Trinajstić information content (AvgIpc) is 3.74. The number of carbonyl (C=O) groups excluding carboxylic acids is 3. The fraction of sp³-hybridized carbons (Fsp3) is 0.333. The number of nitrogens with one attached hydrogen (secondary N) is 3. The SMILES string of the molecule is Cc1[nH]n(-c2ccccc2)c(=O)c1C(=O)C(C)(C)C.Cc1[nH]n(-c2ccccc2)c(=O)c1C(=O)C(C)(C)C.Cc1[nH]n(-c2ccccc2)c(=O)c1C(=O)C(C)(C)C.[Tb]. The minimum atomic E-state index is -0.569. The van der Waals surface area contributed by atoms with Crippen molar-refractivity contribution in [2.45, 2.75) is 83.1 Å². The fourth-order valence-corrected chi connectivity index (χ4v) is 5.84. The number of hydrogen-bond acceptors (Lipinski definition) is 6. The number of ketones is 3. The number of H-pyrrole nitrogens is 3. The normalized spacial score (nSPS) is 11.4. The van der Waals surface area contributed by atoms with Crippen LogP contribution in [-0.2, 0) is 0 Å². The van der Waals surface area contributed by atoms with Gasteiger partial charge in [0.05, 0.1) is 17.1 Å². The molecule has 13 heteroatoms. The number of para-hydroxylation sites is 3. The summed E-state index contributed by atoms with van der Waals surface area (Å²) in [4.78, 5) is 74.1. The Balaban J connectivity index is 0.000000231. The van der Waals surface area contributed by atoms with Gasteiger partial charge in [0.15, 0.2) is 17.3 Å². The van der Waals surface area contributed by atoms with Gasteiger partial charge in [-0.3, -0.25) is 44.1 Å². The minimum Gasteiger partial charge on any atom is -0.295 e. The van der Waals surface area contributed by atoms with Gasteiger partial charge in [-0.15, -0.1) is 0 Å². The number of benzene rings is 3. The van der Waals surface area contributed by atoms with Crippen LogP contribution in [0.15, 0.2) is 105 Å². The molecule has 0 fully saturated rings. The van der Waals surface area contributed by atoms with Gasteiger partial charge in [0.2, 0.25) is 0 Å². The van der Waals surface area contributed by atoms with E-state index in [1.165, 1.54) is 14.0 Å². The number of Topliss-reactive ketones (excluding diaryl/α,β-unsaturated/α-hetero) is 3. The van der Waals surface area contributed by atoms with Gasteiger partial charge in [-0.2, -0.15) is 0 Å². The van der Waals surface area contributed by atoms with Crippen LogP contribution in [0.4, 0.5) is 0 Å². The molecule has 0 aliphatic heterocycles. The largest absolute Gasteiger partial charge is 0.295 e. The molecule has 6 aromatic rings. The average molecular weight is 934 g/mol. The van der Waals surface area contributed by atoms with Crippen LogP contribution in [0.25, 0.3) is 17.1 Å². The number of nitrogens with zero attached hydrogens (tertiary/aromatic N) is 3. The molecular formula is C45H54N6O6Tb. The third-order valence-electron chi connectivity index (χ3n) is 8.98. The van der Waals surface area contributed by atoms with Crippen molar-refractivity contribution < 1.29 is 53.0 Å². The summed E-state index contributed by atoms with van der Waals surface area (Å²) in [5.41, 5.74) is 2.16. The summed E-state index contributed by atoms with van der Waals surface area (Å²) in [6.07, 6.45) is 0. The summed E-state index contributed by atoms with van der Waals surface area (Å²) in [5.74, 6) is -0.414. The molecule has 0 atom stereocenters. The van der Waals surface area contributed by atoms with E-state index in [0.717, 1.165) is 17.1 Å². The summed E-state index contributed by atoms with van der Waals surface area (Å²) in [6.45, 7) is 21.6. The van der Waals surface area contributed by atoms with Crippen LogP contribution in [-0.4, -0.2) is 46.7 Å². The molecule has 309 valence electrons. The maximum Gasteiger partial charge on any atom is 0.282 e. The molecule has 12 nitrogen and oxygen atoms in total.